The van der Waals surface area contributed by atoms with Crippen LogP contribution in [-0.4, -0.2) is 11.0 Å². The lowest BCUT2D eigenvalue weighted by Gasteiger charge is -2.30. The van der Waals surface area contributed by atoms with Crippen molar-refractivity contribution in [2.75, 3.05) is 5.32 Å². The summed E-state index contributed by atoms with van der Waals surface area (Å²) in [5.74, 6) is -2.42. The van der Waals surface area contributed by atoms with Crippen molar-refractivity contribution in [3.05, 3.63) is 65.2 Å². The normalized spacial score (nSPS) is 21.2. The summed E-state index contributed by atoms with van der Waals surface area (Å²) in [6.07, 6.45) is -1.30. The van der Waals surface area contributed by atoms with Gasteiger partial charge in [0, 0.05) is 11.3 Å². The summed E-state index contributed by atoms with van der Waals surface area (Å²) >= 11 is 0. The summed E-state index contributed by atoms with van der Waals surface area (Å²) in [5.41, 5.74) is 0.757. The van der Waals surface area contributed by atoms with Crippen molar-refractivity contribution in [2.45, 2.75) is 12.0 Å². The minimum absolute atomic E-state index is 0.0569. The molecule has 0 aliphatic carbocycles. The molecule has 0 aromatic heterocycles. The third-order valence-electron chi connectivity index (χ3n) is 3.43. The molecule has 2 unspecified atom stereocenters. The summed E-state index contributed by atoms with van der Waals surface area (Å²) in [5, 5.41) is 12.9. The first-order valence-electron chi connectivity index (χ1n) is 6.11. The Labute approximate surface area is 113 Å². The number of carbonyl (C=O) groups is 1. The maximum Gasteiger partial charge on any atom is 0.234 e. The van der Waals surface area contributed by atoms with Crippen LogP contribution in [0.5, 0.6) is 0 Å². The number of aliphatic hydroxyl groups is 1. The number of benzene rings is 2. The summed E-state index contributed by atoms with van der Waals surface area (Å²) in [6.45, 7) is 0. The zero-order valence-electron chi connectivity index (χ0n) is 10.3. The van der Waals surface area contributed by atoms with Gasteiger partial charge in [0.05, 0.1) is 12.0 Å². The van der Waals surface area contributed by atoms with Gasteiger partial charge in [-0.1, -0.05) is 18.2 Å². The highest BCUT2D eigenvalue weighted by molar-refractivity contribution is 5.99. The van der Waals surface area contributed by atoms with Gasteiger partial charge in [-0.3, -0.25) is 4.79 Å². The van der Waals surface area contributed by atoms with E-state index in [1.807, 2.05) is 0 Å². The topological polar surface area (TPSA) is 49.3 Å². The van der Waals surface area contributed by atoms with E-state index >= 15 is 0 Å². The van der Waals surface area contributed by atoms with Gasteiger partial charge < -0.3 is 10.4 Å². The summed E-state index contributed by atoms with van der Waals surface area (Å²) < 4.78 is 26.8. The number of carbonyl (C=O) groups excluding carboxylic acids is 1. The van der Waals surface area contributed by atoms with E-state index in [1.165, 1.54) is 42.5 Å². The van der Waals surface area contributed by atoms with Gasteiger partial charge in [0.1, 0.15) is 11.6 Å². The molecule has 1 heterocycles. The van der Waals surface area contributed by atoms with Crippen LogP contribution in [0.2, 0.25) is 0 Å². The first-order valence-corrected chi connectivity index (χ1v) is 6.11. The molecule has 2 aromatic rings. The van der Waals surface area contributed by atoms with Crippen molar-refractivity contribution in [3.8, 4) is 0 Å². The Morgan fingerprint density at radius 2 is 1.75 bits per heavy atom. The minimum atomic E-state index is -1.30. The molecule has 2 atom stereocenters. The molecule has 3 rings (SSSR count). The molecular weight excluding hydrogens is 264 g/mol. The summed E-state index contributed by atoms with van der Waals surface area (Å²) in [4.78, 5) is 12.1. The van der Waals surface area contributed by atoms with E-state index in [4.69, 9.17) is 0 Å². The van der Waals surface area contributed by atoms with E-state index in [-0.39, 0.29) is 11.3 Å². The quantitative estimate of drug-likeness (QED) is 0.840. The number of fused-ring (bicyclic) bond motifs is 1. The third kappa shape index (κ3) is 1.96. The van der Waals surface area contributed by atoms with Crippen molar-refractivity contribution in [1.82, 2.24) is 0 Å². The highest BCUT2D eigenvalue weighted by Crippen LogP contribution is 2.40. The zero-order chi connectivity index (χ0) is 14.3. The molecule has 1 aliphatic rings. The predicted molar refractivity (Wildman–Crippen MR) is 69.1 cm³/mol. The molecule has 1 aliphatic heterocycles. The molecule has 3 nitrogen and oxygen atoms in total. The van der Waals surface area contributed by atoms with E-state index in [9.17, 15) is 18.7 Å². The third-order valence-corrected chi connectivity index (χ3v) is 3.43. The van der Waals surface area contributed by atoms with Crippen molar-refractivity contribution >= 4 is 11.6 Å². The standard InChI is InChI=1S/C15H11F2NO2/c16-9-6-4-8(5-7-9)12-14(19)13-10(17)2-1-3-11(13)18-15(12)20/h1-7,12,14,19H,(H,18,20). The van der Waals surface area contributed by atoms with Gasteiger partial charge in [-0.05, 0) is 29.8 Å². The average molecular weight is 275 g/mol. The van der Waals surface area contributed by atoms with Crippen LogP contribution in [0.1, 0.15) is 23.1 Å². The maximum atomic E-state index is 13.8. The van der Waals surface area contributed by atoms with Crippen LogP contribution in [0.4, 0.5) is 14.5 Å². The van der Waals surface area contributed by atoms with Crippen molar-refractivity contribution < 1.29 is 18.7 Å². The number of aliphatic hydroxyl groups excluding tert-OH is 1. The minimum Gasteiger partial charge on any atom is -0.387 e. The lowest BCUT2D eigenvalue weighted by Crippen LogP contribution is -2.32. The first-order chi connectivity index (χ1) is 9.58. The summed E-state index contributed by atoms with van der Waals surface area (Å²) in [7, 11) is 0. The van der Waals surface area contributed by atoms with E-state index in [0.29, 0.717) is 5.56 Å². The molecule has 0 radical (unpaired) electrons. The van der Waals surface area contributed by atoms with Gasteiger partial charge >= 0.3 is 0 Å². The van der Waals surface area contributed by atoms with E-state index in [1.54, 1.807) is 0 Å². The number of hydrogen-bond donors (Lipinski definition) is 2. The number of anilines is 1. The van der Waals surface area contributed by atoms with E-state index in [0.717, 1.165) is 0 Å². The fourth-order valence-electron chi connectivity index (χ4n) is 2.47. The lowest BCUT2D eigenvalue weighted by atomic mass is 9.84. The van der Waals surface area contributed by atoms with Gasteiger partial charge in [0.2, 0.25) is 5.91 Å². The summed E-state index contributed by atoms with van der Waals surface area (Å²) in [6, 6.07) is 9.43. The van der Waals surface area contributed by atoms with Crippen LogP contribution in [0.15, 0.2) is 42.5 Å². The molecular formula is C15H11F2NO2. The number of rotatable bonds is 1. The van der Waals surface area contributed by atoms with Crippen LogP contribution < -0.4 is 5.32 Å². The maximum absolute atomic E-state index is 13.8. The second-order valence-corrected chi connectivity index (χ2v) is 4.66. The average Bonchev–Trinajstić information content (AvgIpc) is 2.40. The molecule has 5 heteroatoms. The highest BCUT2D eigenvalue weighted by atomic mass is 19.1. The second kappa shape index (κ2) is 4.68. The number of amides is 1. The molecule has 0 fully saturated rings. The monoisotopic (exact) mass is 275 g/mol. The lowest BCUT2D eigenvalue weighted by molar-refractivity contribution is -0.120. The Balaban J connectivity index is 2.08. The molecule has 2 aromatic carbocycles. The van der Waals surface area contributed by atoms with Crippen molar-refractivity contribution in [3.63, 3.8) is 0 Å². The van der Waals surface area contributed by atoms with Gasteiger partial charge in [-0.2, -0.15) is 0 Å². The van der Waals surface area contributed by atoms with Crippen LogP contribution >= 0.6 is 0 Å². The molecule has 0 saturated heterocycles. The van der Waals surface area contributed by atoms with E-state index in [2.05, 4.69) is 5.32 Å². The molecule has 20 heavy (non-hydrogen) atoms. The van der Waals surface area contributed by atoms with Crippen molar-refractivity contribution in [2.24, 2.45) is 0 Å². The van der Waals surface area contributed by atoms with Crippen LogP contribution in [0.25, 0.3) is 0 Å². The largest absolute Gasteiger partial charge is 0.387 e. The molecule has 0 saturated carbocycles. The second-order valence-electron chi connectivity index (χ2n) is 4.66. The van der Waals surface area contributed by atoms with Gasteiger partial charge in [-0.25, -0.2) is 8.78 Å². The fourth-order valence-corrected chi connectivity index (χ4v) is 2.47. The fraction of sp³-hybridized carbons (Fsp3) is 0.133. The van der Waals surface area contributed by atoms with Gasteiger partial charge in [-0.15, -0.1) is 0 Å². The SMILES string of the molecule is O=C1Nc2cccc(F)c2C(O)C1c1ccc(F)cc1. The Morgan fingerprint density at radius 1 is 1.05 bits per heavy atom. The Kier molecular flexibility index (Phi) is 2.99. The molecule has 1 amide bonds. The van der Waals surface area contributed by atoms with Gasteiger partial charge in [0.15, 0.2) is 0 Å². The predicted octanol–water partition coefficient (Wildman–Crippen LogP) is 2.73. The Morgan fingerprint density at radius 3 is 2.45 bits per heavy atom. The number of halogens is 2. The van der Waals surface area contributed by atoms with E-state index < -0.39 is 29.6 Å². The molecule has 0 bridgehead atoms. The number of nitrogens with one attached hydrogen (secondary N) is 1. The van der Waals surface area contributed by atoms with Crippen LogP contribution in [-0.2, 0) is 4.79 Å². The zero-order valence-corrected chi connectivity index (χ0v) is 10.3. The van der Waals surface area contributed by atoms with Crippen molar-refractivity contribution in [1.29, 1.82) is 0 Å². The van der Waals surface area contributed by atoms with Crippen LogP contribution in [0, 0.1) is 11.6 Å². The highest BCUT2D eigenvalue weighted by Gasteiger charge is 2.37. The number of hydrogen-bond acceptors (Lipinski definition) is 2. The Hall–Kier alpha value is -2.27. The Bertz CT molecular complexity index is 670. The first kappa shape index (κ1) is 12.7. The van der Waals surface area contributed by atoms with Crippen LogP contribution in [0.3, 0.4) is 0 Å². The molecule has 0 spiro atoms. The molecule has 2 N–H and O–H groups in total. The molecule has 102 valence electrons. The van der Waals surface area contributed by atoms with Gasteiger partial charge in [0.25, 0.3) is 0 Å². The smallest absolute Gasteiger partial charge is 0.234 e.